The van der Waals surface area contributed by atoms with Gasteiger partial charge < -0.3 is 5.32 Å². The molecule has 4 nitrogen and oxygen atoms in total. The summed E-state index contributed by atoms with van der Waals surface area (Å²) < 4.78 is 2.28. The van der Waals surface area contributed by atoms with Crippen molar-refractivity contribution in [2.75, 3.05) is 11.9 Å². The maximum atomic E-state index is 4.80. The molecule has 0 radical (unpaired) electrons. The number of nitrogens with zero attached hydrogens (tertiary/aromatic N) is 2. The van der Waals surface area contributed by atoms with E-state index in [2.05, 4.69) is 102 Å². The SMILES string of the molecule is C=C(C)C/C=C(\C=C/C)c1cnc2c(c1)C(c1[nH]c3cccc(-c4cccs4)c3[n+]1C)=CCN2. The van der Waals surface area contributed by atoms with E-state index in [-0.39, 0.29) is 0 Å². The van der Waals surface area contributed by atoms with E-state index >= 15 is 0 Å². The van der Waals surface area contributed by atoms with Gasteiger partial charge >= 0.3 is 0 Å². The molecule has 1 aliphatic rings. The predicted octanol–water partition coefficient (Wildman–Crippen LogP) is 6.90. The lowest BCUT2D eigenvalue weighted by atomic mass is 9.97. The van der Waals surface area contributed by atoms with Crippen LogP contribution in [0.15, 0.2) is 84.4 Å². The third kappa shape index (κ3) is 4.03. The molecule has 0 saturated heterocycles. The third-order valence-electron chi connectivity index (χ3n) is 6.11. The number of anilines is 1. The molecule has 4 aromatic rings. The van der Waals surface area contributed by atoms with E-state index in [0.717, 1.165) is 52.4 Å². The largest absolute Gasteiger partial charge is 0.366 e. The Morgan fingerprint density at radius 2 is 2.12 bits per heavy atom. The normalized spacial score (nSPS) is 13.7. The zero-order valence-electron chi connectivity index (χ0n) is 19.9. The number of rotatable bonds is 6. The first kappa shape index (κ1) is 22.1. The number of H-pyrrole nitrogens is 1. The molecule has 0 saturated carbocycles. The van der Waals surface area contributed by atoms with Gasteiger partial charge in [0.25, 0.3) is 5.82 Å². The first-order valence-corrected chi connectivity index (χ1v) is 12.4. The zero-order valence-corrected chi connectivity index (χ0v) is 20.7. The standard InChI is InChI=1S/C29H28N4S/c1-5-8-20(13-12-19(2)3)21-17-24-22(14-15-30-28(24)31-18-21)29-32-25-10-6-9-23(27(25)33(29)4)26-11-7-16-34-26/h5-11,13-14,16-18H,2,12,15H2,1,3-4H3,(H,30,31)/p+1/b8-5-,20-13+. The topological polar surface area (TPSA) is 44.6 Å². The molecule has 2 N–H and O–H groups in total. The minimum absolute atomic E-state index is 0.745. The van der Waals surface area contributed by atoms with Crippen LogP contribution < -0.4 is 9.88 Å². The minimum Gasteiger partial charge on any atom is -0.366 e. The highest BCUT2D eigenvalue weighted by atomic mass is 32.1. The molecular weight excluding hydrogens is 436 g/mol. The van der Waals surface area contributed by atoms with Gasteiger partial charge in [-0.1, -0.05) is 42.5 Å². The van der Waals surface area contributed by atoms with Crippen LogP contribution in [0.25, 0.3) is 32.6 Å². The number of thiophene rings is 1. The molecule has 0 bridgehead atoms. The monoisotopic (exact) mass is 465 g/mol. The molecule has 0 amide bonds. The highest BCUT2D eigenvalue weighted by molar-refractivity contribution is 7.13. The molecule has 5 rings (SSSR count). The minimum atomic E-state index is 0.745. The number of hydrogen-bond donors (Lipinski definition) is 2. The first-order chi connectivity index (χ1) is 16.6. The summed E-state index contributed by atoms with van der Waals surface area (Å²) in [6.07, 6.45) is 11.5. The summed E-state index contributed by atoms with van der Waals surface area (Å²) in [6, 6.07) is 13.0. The smallest absolute Gasteiger partial charge is 0.287 e. The van der Waals surface area contributed by atoms with Gasteiger partial charge in [0.05, 0.1) is 12.6 Å². The lowest BCUT2D eigenvalue weighted by molar-refractivity contribution is -0.646. The number of hydrogen-bond acceptors (Lipinski definition) is 3. The number of aromatic nitrogens is 3. The number of allylic oxidation sites excluding steroid dienone is 5. The molecule has 34 heavy (non-hydrogen) atoms. The van der Waals surface area contributed by atoms with E-state index in [1.165, 1.54) is 21.5 Å². The quantitative estimate of drug-likeness (QED) is 0.185. The summed E-state index contributed by atoms with van der Waals surface area (Å²) in [7, 11) is 2.14. The molecule has 1 aromatic carbocycles. The lowest BCUT2D eigenvalue weighted by Crippen LogP contribution is -2.32. The third-order valence-corrected chi connectivity index (χ3v) is 7.01. The van der Waals surface area contributed by atoms with Crippen LogP contribution in [0.5, 0.6) is 0 Å². The number of para-hydroxylation sites is 1. The van der Waals surface area contributed by atoms with Crippen molar-refractivity contribution >= 4 is 39.3 Å². The van der Waals surface area contributed by atoms with E-state index in [0.29, 0.717) is 0 Å². The Hall–Kier alpha value is -3.70. The molecule has 3 aromatic heterocycles. The van der Waals surface area contributed by atoms with Gasteiger partial charge in [0.2, 0.25) is 0 Å². The van der Waals surface area contributed by atoms with Gasteiger partial charge in [0.15, 0.2) is 11.0 Å². The molecule has 5 heteroatoms. The van der Waals surface area contributed by atoms with E-state index in [4.69, 9.17) is 4.98 Å². The highest BCUT2D eigenvalue weighted by Gasteiger charge is 2.27. The zero-order chi connectivity index (χ0) is 23.7. The van der Waals surface area contributed by atoms with Gasteiger partial charge in [0, 0.05) is 34.3 Å². The van der Waals surface area contributed by atoms with Crippen molar-refractivity contribution in [3.05, 3.63) is 101 Å². The molecule has 0 spiro atoms. The van der Waals surface area contributed by atoms with Crippen molar-refractivity contribution in [1.29, 1.82) is 0 Å². The summed E-state index contributed by atoms with van der Waals surface area (Å²) in [5.41, 5.74) is 9.26. The number of nitrogens with one attached hydrogen (secondary N) is 2. The summed E-state index contributed by atoms with van der Waals surface area (Å²) >= 11 is 1.77. The number of aromatic amines is 1. The first-order valence-electron chi connectivity index (χ1n) is 11.5. The Labute approximate surface area is 204 Å². The van der Waals surface area contributed by atoms with Gasteiger partial charge in [-0.3, -0.25) is 0 Å². The second kappa shape index (κ2) is 9.27. The van der Waals surface area contributed by atoms with Crippen molar-refractivity contribution in [3.8, 4) is 10.4 Å². The highest BCUT2D eigenvalue weighted by Crippen LogP contribution is 2.35. The maximum absolute atomic E-state index is 4.80. The van der Waals surface area contributed by atoms with E-state index in [1.54, 1.807) is 11.3 Å². The fourth-order valence-electron chi connectivity index (χ4n) is 4.51. The number of aryl methyl sites for hydroxylation is 1. The predicted molar refractivity (Wildman–Crippen MR) is 145 cm³/mol. The second-order valence-corrected chi connectivity index (χ2v) is 9.60. The van der Waals surface area contributed by atoms with E-state index < -0.39 is 0 Å². The van der Waals surface area contributed by atoms with Gasteiger partial charge in [-0.2, -0.15) is 0 Å². The summed E-state index contributed by atoms with van der Waals surface area (Å²) in [5.74, 6) is 2.00. The molecule has 1 aliphatic heterocycles. The number of pyridine rings is 1. The van der Waals surface area contributed by atoms with E-state index in [9.17, 15) is 0 Å². The number of fused-ring (bicyclic) bond motifs is 2. The Kier molecular flexibility index (Phi) is 6.03. The maximum Gasteiger partial charge on any atom is 0.287 e. The van der Waals surface area contributed by atoms with Crippen LogP contribution in [0.1, 0.15) is 37.2 Å². The Morgan fingerprint density at radius 1 is 1.24 bits per heavy atom. The average Bonchev–Trinajstić information content (AvgIpc) is 3.49. The van der Waals surface area contributed by atoms with Crippen molar-refractivity contribution < 1.29 is 4.57 Å². The molecular formula is C29H29N4S+. The fourth-order valence-corrected chi connectivity index (χ4v) is 5.26. The molecule has 170 valence electrons. The van der Waals surface area contributed by atoms with Crippen molar-refractivity contribution in [1.82, 2.24) is 9.97 Å². The van der Waals surface area contributed by atoms with Crippen LogP contribution in [0, 0.1) is 0 Å². The van der Waals surface area contributed by atoms with Crippen LogP contribution in [0.2, 0.25) is 0 Å². The molecule has 0 aliphatic carbocycles. The average molecular weight is 466 g/mol. The van der Waals surface area contributed by atoms with Gasteiger partial charge in [-0.05, 0) is 61.6 Å². The summed E-state index contributed by atoms with van der Waals surface area (Å²) in [6.45, 7) is 8.89. The summed E-state index contributed by atoms with van der Waals surface area (Å²) in [5, 5.41) is 5.57. The van der Waals surface area contributed by atoms with Gasteiger partial charge in [-0.25, -0.2) is 14.5 Å². The van der Waals surface area contributed by atoms with Crippen molar-refractivity contribution in [2.24, 2.45) is 7.05 Å². The van der Waals surface area contributed by atoms with Crippen LogP contribution in [0.4, 0.5) is 5.82 Å². The Bertz CT molecular complexity index is 1470. The van der Waals surface area contributed by atoms with Crippen LogP contribution in [-0.2, 0) is 7.05 Å². The van der Waals surface area contributed by atoms with Crippen LogP contribution in [-0.4, -0.2) is 16.5 Å². The molecule has 0 fully saturated rings. The van der Waals surface area contributed by atoms with E-state index in [1.807, 2.05) is 13.1 Å². The Morgan fingerprint density at radius 3 is 2.88 bits per heavy atom. The van der Waals surface area contributed by atoms with Crippen LogP contribution in [0.3, 0.4) is 0 Å². The molecule has 4 heterocycles. The number of imidazole rings is 1. The number of benzene rings is 1. The molecule has 0 atom stereocenters. The lowest BCUT2D eigenvalue weighted by Gasteiger charge is -2.17. The van der Waals surface area contributed by atoms with Gasteiger partial charge in [0.1, 0.15) is 5.82 Å². The molecule has 0 unspecified atom stereocenters. The Balaban J connectivity index is 1.64. The summed E-state index contributed by atoms with van der Waals surface area (Å²) in [4.78, 5) is 9.76. The second-order valence-electron chi connectivity index (χ2n) is 8.65. The van der Waals surface area contributed by atoms with Gasteiger partial charge in [-0.15, -0.1) is 11.3 Å². The van der Waals surface area contributed by atoms with Crippen molar-refractivity contribution in [2.45, 2.75) is 20.3 Å². The van der Waals surface area contributed by atoms with Crippen LogP contribution >= 0.6 is 11.3 Å². The fraction of sp³-hybridized carbons (Fsp3) is 0.172. The van der Waals surface area contributed by atoms with Crippen molar-refractivity contribution in [3.63, 3.8) is 0 Å².